The van der Waals surface area contributed by atoms with Gasteiger partial charge >= 0.3 is 0 Å². The summed E-state index contributed by atoms with van der Waals surface area (Å²) in [6.45, 7) is 2.11. The SMILES string of the molecule is CCCCC(O)c1cccc([C@@H]2C[C@H](O)C[C@H]2O)c1. The van der Waals surface area contributed by atoms with Crippen LogP contribution in [0.4, 0.5) is 0 Å². The zero-order valence-corrected chi connectivity index (χ0v) is 11.5. The summed E-state index contributed by atoms with van der Waals surface area (Å²) in [7, 11) is 0. The summed E-state index contributed by atoms with van der Waals surface area (Å²) in [6.07, 6.45) is 2.61. The van der Waals surface area contributed by atoms with Crippen LogP contribution in [-0.2, 0) is 0 Å². The Balaban J connectivity index is 2.10. The number of benzene rings is 1. The summed E-state index contributed by atoms with van der Waals surface area (Å²) in [5.41, 5.74) is 1.94. The summed E-state index contributed by atoms with van der Waals surface area (Å²) in [5, 5.41) is 29.7. The molecule has 0 radical (unpaired) electrons. The molecule has 0 aliphatic heterocycles. The predicted molar refractivity (Wildman–Crippen MR) is 74.9 cm³/mol. The van der Waals surface area contributed by atoms with Crippen molar-refractivity contribution < 1.29 is 15.3 Å². The fraction of sp³-hybridized carbons (Fsp3) is 0.625. The summed E-state index contributed by atoms with van der Waals surface area (Å²) in [6, 6.07) is 7.81. The van der Waals surface area contributed by atoms with Crippen molar-refractivity contribution in [3.05, 3.63) is 35.4 Å². The quantitative estimate of drug-likeness (QED) is 0.766. The highest BCUT2D eigenvalue weighted by Crippen LogP contribution is 2.36. The monoisotopic (exact) mass is 264 g/mol. The van der Waals surface area contributed by atoms with Crippen molar-refractivity contribution in [1.29, 1.82) is 0 Å². The summed E-state index contributed by atoms with van der Waals surface area (Å²) < 4.78 is 0. The van der Waals surface area contributed by atoms with Crippen molar-refractivity contribution in [1.82, 2.24) is 0 Å². The average molecular weight is 264 g/mol. The molecule has 3 nitrogen and oxygen atoms in total. The Morgan fingerprint density at radius 2 is 2.05 bits per heavy atom. The number of rotatable bonds is 5. The van der Waals surface area contributed by atoms with Gasteiger partial charge in [0, 0.05) is 5.92 Å². The lowest BCUT2D eigenvalue weighted by Crippen LogP contribution is -2.11. The van der Waals surface area contributed by atoms with Crippen LogP contribution in [0.15, 0.2) is 24.3 Å². The number of unbranched alkanes of at least 4 members (excludes halogenated alkanes) is 1. The molecular weight excluding hydrogens is 240 g/mol. The van der Waals surface area contributed by atoms with E-state index in [1.54, 1.807) is 0 Å². The van der Waals surface area contributed by atoms with Crippen LogP contribution < -0.4 is 0 Å². The largest absolute Gasteiger partial charge is 0.393 e. The molecule has 3 N–H and O–H groups in total. The highest BCUT2D eigenvalue weighted by molar-refractivity contribution is 5.29. The molecular formula is C16H24O3. The van der Waals surface area contributed by atoms with Crippen molar-refractivity contribution in [2.24, 2.45) is 0 Å². The van der Waals surface area contributed by atoms with Crippen molar-refractivity contribution in [2.45, 2.75) is 63.3 Å². The second-order valence-electron chi connectivity index (χ2n) is 5.63. The van der Waals surface area contributed by atoms with E-state index < -0.39 is 18.3 Å². The standard InChI is InChI=1S/C16H24O3/c1-2-3-7-15(18)12-6-4-5-11(8-12)14-9-13(17)10-16(14)19/h4-6,8,13-19H,2-3,7,9-10H2,1H3/t13-,14-,15?,16+/m0/s1. The Labute approximate surface area is 114 Å². The molecule has 0 saturated heterocycles. The molecule has 1 aromatic carbocycles. The van der Waals surface area contributed by atoms with E-state index in [4.69, 9.17) is 0 Å². The van der Waals surface area contributed by atoms with Gasteiger partial charge in [-0.15, -0.1) is 0 Å². The van der Waals surface area contributed by atoms with E-state index in [1.165, 1.54) is 0 Å². The lowest BCUT2D eigenvalue weighted by molar-refractivity contribution is 0.132. The second-order valence-corrected chi connectivity index (χ2v) is 5.63. The van der Waals surface area contributed by atoms with Gasteiger partial charge in [0.25, 0.3) is 0 Å². The molecule has 4 atom stereocenters. The van der Waals surface area contributed by atoms with Gasteiger partial charge in [-0.2, -0.15) is 0 Å². The Hall–Kier alpha value is -0.900. The molecule has 1 fully saturated rings. The van der Waals surface area contributed by atoms with E-state index in [2.05, 4.69) is 6.92 Å². The first-order chi connectivity index (χ1) is 9.11. The first-order valence-corrected chi connectivity index (χ1v) is 7.25. The zero-order chi connectivity index (χ0) is 13.8. The topological polar surface area (TPSA) is 60.7 Å². The average Bonchev–Trinajstić information content (AvgIpc) is 2.75. The van der Waals surface area contributed by atoms with Gasteiger partial charge in [-0.1, -0.05) is 44.0 Å². The first kappa shape index (κ1) is 14.5. The number of hydrogen-bond donors (Lipinski definition) is 3. The Bertz CT molecular complexity index is 405. The molecule has 106 valence electrons. The summed E-state index contributed by atoms with van der Waals surface area (Å²) in [4.78, 5) is 0. The number of hydrogen-bond acceptors (Lipinski definition) is 3. The van der Waals surface area contributed by atoms with Gasteiger partial charge in [0.1, 0.15) is 0 Å². The van der Waals surface area contributed by atoms with Crippen LogP contribution in [0.25, 0.3) is 0 Å². The number of aliphatic hydroxyl groups is 3. The minimum absolute atomic E-state index is 0.00618. The van der Waals surface area contributed by atoms with Crippen molar-refractivity contribution in [3.63, 3.8) is 0 Å². The maximum absolute atomic E-state index is 10.1. The van der Waals surface area contributed by atoms with E-state index in [9.17, 15) is 15.3 Å². The Morgan fingerprint density at radius 3 is 2.68 bits per heavy atom. The molecule has 0 bridgehead atoms. The van der Waals surface area contributed by atoms with Gasteiger partial charge in [0.05, 0.1) is 18.3 Å². The van der Waals surface area contributed by atoms with Gasteiger partial charge in [-0.3, -0.25) is 0 Å². The van der Waals surface area contributed by atoms with Gasteiger partial charge < -0.3 is 15.3 Å². The van der Waals surface area contributed by atoms with Crippen LogP contribution in [0.1, 0.15) is 62.2 Å². The molecule has 3 heteroatoms. The van der Waals surface area contributed by atoms with E-state index in [0.717, 1.165) is 30.4 Å². The van der Waals surface area contributed by atoms with Gasteiger partial charge in [0.15, 0.2) is 0 Å². The summed E-state index contributed by atoms with van der Waals surface area (Å²) >= 11 is 0. The maximum atomic E-state index is 10.1. The second kappa shape index (κ2) is 6.51. The van der Waals surface area contributed by atoms with Crippen molar-refractivity contribution >= 4 is 0 Å². The van der Waals surface area contributed by atoms with Crippen LogP contribution in [-0.4, -0.2) is 27.5 Å². The molecule has 0 amide bonds. The summed E-state index contributed by atoms with van der Waals surface area (Å²) in [5.74, 6) is -0.00618. The third-order valence-electron chi connectivity index (χ3n) is 4.06. The van der Waals surface area contributed by atoms with Crippen LogP contribution in [0.2, 0.25) is 0 Å². The molecule has 0 aromatic heterocycles. The van der Waals surface area contributed by atoms with Gasteiger partial charge in [-0.05, 0) is 30.4 Å². The highest BCUT2D eigenvalue weighted by atomic mass is 16.3. The smallest absolute Gasteiger partial charge is 0.0790 e. The van der Waals surface area contributed by atoms with E-state index >= 15 is 0 Å². The Morgan fingerprint density at radius 1 is 1.26 bits per heavy atom. The third-order valence-corrected chi connectivity index (χ3v) is 4.06. The van der Waals surface area contributed by atoms with Crippen LogP contribution >= 0.6 is 0 Å². The normalized spacial score (nSPS) is 28.5. The van der Waals surface area contributed by atoms with Crippen LogP contribution in [0, 0.1) is 0 Å². The van der Waals surface area contributed by atoms with Crippen LogP contribution in [0.3, 0.4) is 0 Å². The molecule has 1 unspecified atom stereocenters. The molecule has 1 saturated carbocycles. The van der Waals surface area contributed by atoms with Crippen molar-refractivity contribution in [3.8, 4) is 0 Å². The van der Waals surface area contributed by atoms with E-state index in [-0.39, 0.29) is 5.92 Å². The zero-order valence-electron chi connectivity index (χ0n) is 11.5. The van der Waals surface area contributed by atoms with Crippen LogP contribution in [0.5, 0.6) is 0 Å². The predicted octanol–water partition coefficient (Wildman–Crippen LogP) is 2.51. The van der Waals surface area contributed by atoms with E-state index in [1.807, 2.05) is 24.3 Å². The number of aliphatic hydroxyl groups excluding tert-OH is 3. The minimum Gasteiger partial charge on any atom is -0.393 e. The molecule has 19 heavy (non-hydrogen) atoms. The Kier molecular flexibility index (Phi) is 4.97. The van der Waals surface area contributed by atoms with E-state index in [0.29, 0.717) is 12.8 Å². The fourth-order valence-corrected chi connectivity index (χ4v) is 2.91. The first-order valence-electron chi connectivity index (χ1n) is 7.25. The highest BCUT2D eigenvalue weighted by Gasteiger charge is 2.32. The lowest BCUT2D eigenvalue weighted by Gasteiger charge is -2.17. The molecule has 1 aliphatic rings. The third kappa shape index (κ3) is 3.56. The molecule has 0 spiro atoms. The lowest BCUT2D eigenvalue weighted by atomic mass is 9.92. The maximum Gasteiger partial charge on any atom is 0.0790 e. The molecule has 0 heterocycles. The molecule has 2 rings (SSSR count). The van der Waals surface area contributed by atoms with Gasteiger partial charge in [0.2, 0.25) is 0 Å². The van der Waals surface area contributed by atoms with Crippen molar-refractivity contribution in [2.75, 3.05) is 0 Å². The minimum atomic E-state index is -0.474. The fourth-order valence-electron chi connectivity index (χ4n) is 2.91. The van der Waals surface area contributed by atoms with Gasteiger partial charge in [-0.25, -0.2) is 0 Å². The molecule has 1 aliphatic carbocycles. The molecule has 1 aromatic rings.